The average molecular weight is 393 g/mol. The molecular formula is C21H23N5O3. The second-order valence-electron chi connectivity index (χ2n) is 7.15. The van der Waals surface area contributed by atoms with Gasteiger partial charge in [0.05, 0.1) is 16.6 Å². The monoisotopic (exact) mass is 393 g/mol. The number of pyridine rings is 1. The standard InChI is InChI=1S/C21H23N5O3/c27-18(23-16-8-6-11-22-19(16)25-12-4-1-5-13-25)10-14-26-17-9-3-2-7-15(17)20(28)24-21(26)29/h2-3,6-9,11H,1,4-5,10,12-14H2,(H,23,27)(H,24,28,29). The number of piperidine rings is 1. The molecule has 0 radical (unpaired) electrons. The zero-order chi connectivity index (χ0) is 20.2. The molecule has 29 heavy (non-hydrogen) atoms. The van der Waals surface area contributed by atoms with Gasteiger partial charge in [0.1, 0.15) is 0 Å². The minimum absolute atomic E-state index is 0.101. The van der Waals surface area contributed by atoms with Gasteiger partial charge in [-0.15, -0.1) is 0 Å². The number of fused-ring (bicyclic) bond motifs is 1. The largest absolute Gasteiger partial charge is 0.355 e. The molecule has 0 aliphatic carbocycles. The molecule has 1 saturated heterocycles. The van der Waals surface area contributed by atoms with E-state index in [1.807, 2.05) is 6.07 Å². The molecule has 1 amide bonds. The van der Waals surface area contributed by atoms with Gasteiger partial charge >= 0.3 is 5.69 Å². The lowest BCUT2D eigenvalue weighted by Gasteiger charge is -2.29. The molecule has 2 aromatic heterocycles. The molecule has 3 heterocycles. The van der Waals surface area contributed by atoms with Crippen molar-refractivity contribution in [3.63, 3.8) is 0 Å². The van der Waals surface area contributed by atoms with Crippen molar-refractivity contribution in [2.45, 2.75) is 32.2 Å². The number of hydrogen-bond acceptors (Lipinski definition) is 5. The first-order valence-corrected chi connectivity index (χ1v) is 9.85. The molecule has 1 aliphatic rings. The Balaban J connectivity index is 1.50. The first-order valence-electron chi connectivity index (χ1n) is 9.85. The summed E-state index contributed by atoms with van der Waals surface area (Å²) in [6.45, 7) is 2.03. The molecule has 0 atom stereocenters. The molecular weight excluding hydrogens is 370 g/mol. The van der Waals surface area contributed by atoms with Crippen molar-refractivity contribution in [3.8, 4) is 0 Å². The third kappa shape index (κ3) is 4.06. The summed E-state index contributed by atoms with van der Waals surface area (Å²) in [4.78, 5) is 45.8. The van der Waals surface area contributed by atoms with Gasteiger partial charge in [-0.05, 0) is 43.5 Å². The van der Waals surface area contributed by atoms with Crippen molar-refractivity contribution < 1.29 is 4.79 Å². The number of nitrogens with one attached hydrogen (secondary N) is 2. The molecule has 8 nitrogen and oxygen atoms in total. The lowest BCUT2D eigenvalue weighted by atomic mass is 10.1. The van der Waals surface area contributed by atoms with E-state index in [4.69, 9.17) is 0 Å². The van der Waals surface area contributed by atoms with Crippen LogP contribution in [0.4, 0.5) is 11.5 Å². The third-order valence-electron chi connectivity index (χ3n) is 5.18. The van der Waals surface area contributed by atoms with Crippen LogP contribution in [0.15, 0.2) is 52.2 Å². The van der Waals surface area contributed by atoms with Crippen molar-refractivity contribution in [3.05, 3.63) is 63.4 Å². The van der Waals surface area contributed by atoms with E-state index in [2.05, 4.69) is 20.2 Å². The van der Waals surface area contributed by atoms with E-state index in [0.717, 1.165) is 31.7 Å². The number of H-pyrrole nitrogens is 1. The van der Waals surface area contributed by atoms with Gasteiger partial charge in [0.15, 0.2) is 5.82 Å². The third-order valence-corrected chi connectivity index (χ3v) is 5.18. The van der Waals surface area contributed by atoms with Crippen molar-refractivity contribution in [1.82, 2.24) is 14.5 Å². The molecule has 0 saturated carbocycles. The van der Waals surface area contributed by atoms with Gasteiger partial charge in [-0.1, -0.05) is 12.1 Å². The van der Waals surface area contributed by atoms with Crippen molar-refractivity contribution in [1.29, 1.82) is 0 Å². The number of aromatic nitrogens is 3. The number of aromatic amines is 1. The molecule has 0 bridgehead atoms. The maximum Gasteiger partial charge on any atom is 0.328 e. The zero-order valence-corrected chi connectivity index (χ0v) is 16.1. The summed E-state index contributed by atoms with van der Waals surface area (Å²) in [5.74, 6) is 0.575. The summed E-state index contributed by atoms with van der Waals surface area (Å²) in [7, 11) is 0. The number of para-hydroxylation sites is 1. The number of amides is 1. The summed E-state index contributed by atoms with van der Waals surface area (Å²) in [6, 6.07) is 10.5. The number of nitrogens with zero attached hydrogens (tertiary/aromatic N) is 3. The summed E-state index contributed by atoms with van der Waals surface area (Å²) in [5, 5.41) is 3.35. The fourth-order valence-electron chi connectivity index (χ4n) is 3.74. The van der Waals surface area contributed by atoms with Crippen LogP contribution in [-0.2, 0) is 11.3 Å². The van der Waals surface area contributed by atoms with Gasteiger partial charge in [0.2, 0.25) is 5.91 Å². The van der Waals surface area contributed by atoms with Crippen LogP contribution in [-0.4, -0.2) is 33.5 Å². The summed E-state index contributed by atoms with van der Waals surface area (Å²) < 4.78 is 1.42. The van der Waals surface area contributed by atoms with Gasteiger partial charge in [0, 0.05) is 32.3 Å². The summed E-state index contributed by atoms with van der Waals surface area (Å²) >= 11 is 0. The Bertz CT molecular complexity index is 1140. The average Bonchev–Trinajstić information content (AvgIpc) is 2.74. The molecule has 1 aliphatic heterocycles. The molecule has 2 N–H and O–H groups in total. The van der Waals surface area contributed by atoms with Crippen LogP contribution in [0.3, 0.4) is 0 Å². The molecule has 0 unspecified atom stereocenters. The molecule has 1 aromatic carbocycles. The quantitative estimate of drug-likeness (QED) is 0.692. The van der Waals surface area contributed by atoms with E-state index >= 15 is 0 Å². The van der Waals surface area contributed by atoms with Gasteiger partial charge in [-0.3, -0.25) is 19.1 Å². The van der Waals surface area contributed by atoms with E-state index in [1.165, 1.54) is 11.0 Å². The Morgan fingerprint density at radius 1 is 1.07 bits per heavy atom. The van der Waals surface area contributed by atoms with Crippen molar-refractivity contribution in [2.24, 2.45) is 0 Å². The summed E-state index contributed by atoms with van der Waals surface area (Å²) in [5.41, 5.74) is 0.257. The highest BCUT2D eigenvalue weighted by atomic mass is 16.2. The minimum atomic E-state index is -0.517. The number of benzene rings is 1. The fourth-order valence-corrected chi connectivity index (χ4v) is 3.74. The molecule has 0 spiro atoms. The van der Waals surface area contributed by atoms with Gasteiger partial charge in [0.25, 0.3) is 5.56 Å². The first kappa shape index (κ1) is 18.9. The Hall–Kier alpha value is -3.42. The normalized spacial score (nSPS) is 14.1. The maximum absolute atomic E-state index is 12.6. The van der Waals surface area contributed by atoms with Crippen LogP contribution in [0.2, 0.25) is 0 Å². The number of rotatable bonds is 5. The van der Waals surface area contributed by atoms with E-state index in [-0.39, 0.29) is 18.9 Å². The highest BCUT2D eigenvalue weighted by Crippen LogP contribution is 2.25. The van der Waals surface area contributed by atoms with Crippen LogP contribution in [0, 0.1) is 0 Å². The number of carbonyl (C=O) groups is 1. The molecule has 4 rings (SSSR count). The number of hydrogen-bond donors (Lipinski definition) is 2. The van der Waals surface area contributed by atoms with E-state index in [0.29, 0.717) is 16.6 Å². The molecule has 150 valence electrons. The van der Waals surface area contributed by atoms with Crippen LogP contribution < -0.4 is 21.5 Å². The van der Waals surface area contributed by atoms with Crippen molar-refractivity contribution >= 4 is 28.3 Å². The van der Waals surface area contributed by atoms with Crippen LogP contribution in [0.1, 0.15) is 25.7 Å². The van der Waals surface area contributed by atoms with Crippen LogP contribution in [0.25, 0.3) is 10.9 Å². The number of carbonyl (C=O) groups excluding carboxylic acids is 1. The SMILES string of the molecule is O=C(CCn1c(=O)[nH]c(=O)c2ccccc21)Nc1cccnc1N1CCCCC1. The van der Waals surface area contributed by atoms with Crippen molar-refractivity contribution in [2.75, 3.05) is 23.3 Å². The maximum atomic E-state index is 12.6. The minimum Gasteiger partial charge on any atom is -0.355 e. The number of aryl methyl sites for hydroxylation is 1. The second kappa shape index (κ2) is 8.30. The summed E-state index contributed by atoms with van der Waals surface area (Å²) in [6.07, 6.45) is 5.28. The fraction of sp³-hybridized carbons (Fsp3) is 0.333. The smallest absolute Gasteiger partial charge is 0.328 e. The Labute approximate surface area is 167 Å². The second-order valence-corrected chi connectivity index (χ2v) is 7.15. The Morgan fingerprint density at radius 3 is 2.69 bits per heavy atom. The lowest BCUT2D eigenvalue weighted by molar-refractivity contribution is -0.116. The van der Waals surface area contributed by atoms with Gasteiger partial charge in [-0.25, -0.2) is 9.78 Å². The van der Waals surface area contributed by atoms with Gasteiger partial charge in [-0.2, -0.15) is 0 Å². The topological polar surface area (TPSA) is 100 Å². The van der Waals surface area contributed by atoms with E-state index < -0.39 is 11.2 Å². The van der Waals surface area contributed by atoms with Gasteiger partial charge < -0.3 is 10.2 Å². The molecule has 3 aromatic rings. The predicted molar refractivity (Wildman–Crippen MR) is 112 cm³/mol. The lowest BCUT2D eigenvalue weighted by Crippen LogP contribution is -2.32. The Kier molecular flexibility index (Phi) is 5.41. The van der Waals surface area contributed by atoms with Crippen LogP contribution >= 0.6 is 0 Å². The molecule has 1 fully saturated rings. The van der Waals surface area contributed by atoms with Crippen LogP contribution in [0.5, 0.6) is 0 Å². The predicted octanol–water partition coefficient (Wildman–Crippen LogP) is 2.10. The van der Waals surface area contributed by atoms with E-state index in [9.17, 15) is 14.4 Å². The zero-order valence-electron chi connectivity index (χ0n) is 16.1. The highest BCUT2D eigenvalue weighted by Gasteiger charge is 2.17. The Morgan fingerprint density at radius 2 is 1.86 bits per heavy atom. The van der Waals surface area contributed by atoms with E-state index in [1.54, 1.807) is 36.5 Å². The number of anilines is 2. The first-order chi connectivity index (χ1) is 14.1. The molecule has 8 heteroatoms. The highest BCUT2D eigenvalue weighted by molar-refractivity contribution is 5.93.